The highest BCUT2D eigenvalue weighted by atomic mass is 32.2. The third-order valence-corrected chi connectivity index (χ3v) is 2.52. The molecular formula is C10H7F5S. The second kappa shape index (κ2) is 4.86. The summed E-state index contributed by atoms with van der Waals surface area (Å²) in [5, 5.41) is -1.88. The second-order valence-electron chi connectivity index (χ2n) is 3.00. The molecule has 88 valence electrons. The van der Waals surface area contributed by atoms with Crippen LogP contribution in [0.3, 0.4) is 0 Å². The zero-order valence-corrected chi connectivity index (χ0v) is 8.92. The first kappa shape index (κ1) is 13.0. The molecule has 1 aromatic carbocycles. The van der Waals surface area contributed by atoms with Crippen LogP contribution in [0, 0.1) is 6.92 Å². The van der Waals surface area contributed by atoms with Gasteiger partial charge in [-0.15, -0.1) is 0 Å². The van der Waals surface area contributed by atoms with Gasteiger partial charge < -0.3 is 0 Å². The van der Waals surface area contributed by atoms with E-state index in [1.807, 2.05) is 0 Å². The summed E-state index contributed by atoms with van der Waals surface area (Å²) in [5.74, 6) is -2.70. The first-order chi connectivity index (χ1) is 7.30. The molecule has 1 rings (SSSR count). The molecule has 0 amide bonds. The van der Waals surface area contributed by atoms with Crippen LogP contribution in [0.5, 0.6) is 0 Å². The molecule has 0 bridgehead atoms. The highest BCUT2D eigenvalue weighted by molar-refractivity contribution is 8.02. The van der Waals surface area contributed by atoms with Crippen LogP contribution in [0.2, 0.25) is 0 Å². The highest BCUT2D eigenvalue weighted by Crippen LogP contribution is 2.37. The highest BCUT2D eigenvalue weighted by Gasteiger charge is 2.38. The number of allylic oxidation sites excluding steroid dienone is 1. The van der Waals surface area contributed by atoms with Crippen molar-refractivity contribution >= 4 is 11.8 Å². The quantitative estimate of drug-likeness (QED) is 0.541. The second-order valence-corrected chi connectivity index (χ2v) is 4.03. The van der Waals surface area contributed by atoms with Crippen molar-refractivity contribution in [2.45, 2.75) is 18.0 Å². The van der Waals surface area contributed by atoms with Crippen molar-refractivity contribution < 1.29 is 22.0 Å². The largest absolute Gasteiger partial charge is 0.446 e. The Morgan fingerprint density at radius 2 is 1.56 bits per heavy atom. The van der Waals surface area contributed by atoms with Gasteiger partial charge in [0.25, 0.3) is 0 Å². The summed E-state index contributed by atoms with van der Waals surface area (Å²) in [6, 6.07) is 6.04. The molecule has 6 heteroatoms. The number of aryl methyl sites for hydroxylation is 1. The van der Waals surface area contributed by atoms with Gasteiger partial charge in [0.05, 0.1) is 0 Å². The van der Waals surface area contributed by atoms with Crippen LogP contribution in [0.25, 0.3) is 0 Å². The maximum atomic E-state index is 12.8. The van der Waals surface area contributed by atoms with Crippen LogP contribution in [0.1, 0.15) is 5.56 Å². The van der Waals surface area contributed by atoms with Crippen LogP contribution in [0.4, 0.5) is 22.0 Å². The molecule has 0 aliphatic rings. The molecule has 0 atom stereocenters. The van der Waals surface area contributed by atoms with E-state index in [1.54, 1.807) is 19.1 Å². The minimum absolute atomic E-state index is 0.105. The van der Waals surface area contributed by atoms with E-state index in [0.29, 0.717) is 0 Å². The molecule has 0 saturated carbocycles. The molecule has 0 aliphatic carbocycles. The summed E-state index contributed by atoms with van der Waals surface area (Å²) < 4.78 is 60.6. The lowest BCUT2D eigenvalue weighted by molar-refractivity contribution is -0.110. The third kappa shape index (κ3) is 3.52. The summed E-state index contributed by atoms with van der Waals surface area (Å²) in [6.45, 7) is 1.77. The van der Waals surface area contributed by atoms with Gasteiger partial charge in [-0.25, -0.2) is 0 Å². The van der Waals surface area contributed by atoms with E-state index in [9.17, 15) is 22.0 Å². The van der Waals surface area contributed by atoms with Crippen molar-refractivity contribution in [3.8, 4) is 0 Å². The van der Waals surface area contributed by atoms with Gasteiger partial charge in [0.15, 0.2) is 0 Å². The summed E-state index contributed by atoms with van der Waals surface area (Å²) in [6.07, 6.45) is -5.28. The fraction of sp³-hybridized carbons (Fsp3) is 0.200. The summed E-state index contributed by atoms with van der Waals surface area (Å²) in [4.78, 5) is 0.211. The smallest absolute Gasteiger partial charge is 0.198 e. The fourth-order valence-corrected chi connectivity index (χ4v) is 1.55. The van der Waals surface area contributed by atoms with E-state index in [2.05, 4.69) is 0 Å². The Morgan fingerprint density at radius 3 is 2.00 bits per heavy atom. The molecule has 0 radical (unpaired) electrons. The van der Waals surface area contributed by atoms with Crippen LogP contribution in [0.15, 0.2) is 40.1 Å². The van der Waals surface area contributed by atoms with Crippen LogP contribution < -0.4 is 0 Å². The normalized spacial score (nSPS) is 13.6. The average Bonchev–Trinajstić information content (AvgIpc) is 2.19. The number of hydrogen-bond acceptors (Lipinski definition) is 1. The zero-order chi connectivity index (χ0) is 12.3. The molecule has 0 saturated heterocycles. The van der Waals surface area contributed by atoms with Crippen LogP contribution >= 0.6 is 11.8 Å². The lowest BCUT2D eigenvalue weighted by Crippen LogP contribution is -2.08. The summed E-state index contributed by atoms with van der Waals surface area (Å²) in [7, 11) is 0. The van der Waals surface area contributed by atoms with Crippen LogP contribution in [-0.4, -0.2) is 6.18 Å². The monoisotopic (exact) mass is 254 g/mol. The minimum atomic E-state index is -5.28. The van der Waals surface area contributed by atoms with E-state index < -0.39 is 17.2 Å². The Hall–Kier alpha value is -1.04. The lowest BCUT2D eigenvalue weighted by Gasteiger charge is -2.04. The van der Waals surface area contributed by atoms with Gasteiger partial charge in [0.1, 0.15) is 0 Å². The predicted octanol–water partition coefficient (Wildman–Crippen LogP) is 4.76. The Bertz CT molecular complexity index is 391. The van der Waals surface area contributed by atoms with Gasteiger partial charge in [-0.2, -0.15) is 22.0 Å². The Labute approximate surface area is 93.2 Å². The molecule has 0 N–H and O–H groups in total. The molecule has 1 aromatic rings. The van der Waals surface area contributed by atoms with Gasteiger partial charge in [-0.05, 0) is 19.1 Å². The topological polar surface area (TPSA) is 0 Å². The number of hydrogen-bond donors (Lipinski definition) is 0. The predicted molar refractivity (Wildman–Crippen MR) is 52.3 cm³/mol. The maximum Gasteiger partial charge on any atom is 0.446 e. The fourth-order valence-electron chi connectivity index (χ4n) is 0.866. The first-order valence-electron chi connectivity index (χ1n) is 4.17. The molecule has 0 heterocycles. The number of alkyl halides is 3. The number of benzene rings is 1. The Morgan fingerprint density at radius 1 is 1.06 bits per heavy atom. The van der Waals surface area contributed by atoms with E-state index in [0.717, 1.165) is 5.56 Å². The minimum Gasteiger partial charge on any atom is -0.198 e. The van der Waals surface area contributed by atoms with Gasteiger partial charge in [0.2, 0.25) is 11.0 Å². The van der Waals surface area contributed by atoms with Gasteiger partial charge in [0, 0.05) is 4.90 Å². The van der Waals surface area contributed by atoms with E-state index in [1.165, 1.54) is 12.1 Å². The molecule has 16 heavy (non-hydrogen) atoms. The van der Waals surface area contributed by atoms with Gasteiger partial charge in [-0.1, -0.05) is 29.5 Å². The first-order valence-corrected chi connectivity index (χ1v) is 4.99. The molecule has 0 nitrogen and oxygen atoms in total. The Kier molecular flexibility index (Phi) is 3.96. The number of rotatable bonds is 2. The van der Waals surface area contributed by atoms with Crippen molar-refractivity contribution in [1.82, 2.24) is 0 Å². The molecule has 0 aliphatic heterocycles. The average molecular weight is 254 g/mol. The van der Waals surface area contributed by atoms with Gasteiger partial charge >= 0.3 is 6.18 Å². The van der Waals surface area contributed by atoms with E-state index >= 15 is 0 Å². The SMILES string of the molecule is Cc1ccc(S/C(F)=C(\F)C(F)(F)F)cc1. The number of halogens is 5. The lowest BCUT2D eigenvalue weighted by atomic mass is 10.2. The summed E-state index contributed by atoms with van der Waals surface area (Å²) in [5.41, 5.74) is 0.880. The summed E-state index contributed by atoms with van der Waals surface area (Å²) >= 11 is 0.105. The van der Waals surface area contributed by atoms with Crippen molar-refractivity contribution in [1.29, 1.82) is 0 Å². The van der Waals surface area contributed by atoms with E-state index in [-0.39, 0.29) is 16.7 Å². The van der Waals surface area contributed by atoms with E-state index in [4.69, 9.17) is 0 Å². The van der Waals surface area contributed by atoms with Crippen LogP contribution in [-0.2, 0) is 0 Å². The van der Waals surface area contributed by atoms with Crippen molar-refractivity contribution in [3.05, 3.63) is 40.8 Å². The zero-order valence-electron chi connectivity index (χ0n) is 8.11. The molecule has 0 aromatic heterocycles. The molecule has 0 spiro atoms. The molecule has 0 unspecified atom stereocenters. The van der Waals surface area contributed by atoms with Crippen molar-refractivity contribution in [2.24, 2.45) is 0 Å². The van der Waals surface area contributed by atoms with Crippen molar-refractivity contribution in [2.75, 3.05) is 0 Å². The standard InChI is InChI=1S/C10H7F5S/c1-6-2-4-7(5-3-6)16-9(12)8(11)10(13,14)15/h2-5H,1H3/b9-8-. The molecule has 0 fully saturated rings. The Balaban J connectivity index is 2.86. The molecular weight excluding hydrogens is 247 g/mol. The van der Waals surface area contributed by atoms with Gasteiger partial charge in [-0.3, -0.25) is 0 Å². The van der Waals surface area contributed by atoms with Crippen molar-refractivity contribution in [3.63, 3.8) is 0 Å². The maximum absolute atomic E-state index is 12.8. The number of thioether (sulfide) groups is 1. The third-order valence-electron chi connectivity index (χ3n) is 1.65.